The predicted octanol–water partition coefficient (Wildman–Crippen LogP) is 3.22. The summed E-state index contributed by atoms with van der Waals surface area (Å²) in [5, 5.41) is 0. The Hall–Kier alpha value is -2.03. The summed E-state index contributed by atoms with van der Waals surface area (Å²) < 4.78 is 10.1. The molecule has 3 nitrogen and oxygen atoms in total. The Labute approximate surface area is 108 Å². The first kappa shape index (κ1) is 14.0. The van der Waals surface area contributed by atoms with E-state index in [9.17, 15) is 4.79 Å². The van der Waals surface area contributed by atoms with Gasteiger partial charge in [-0.2, -0.15) is 0 Å². The molecule has 18 heavy (non-hydrogen) atoms. The maximum absolute atomic E-state index is 11.3. The second kappa shape index (κ2) is 7.33. The molecule has 0 saturated heterocycles. The van der Waals surface area contributed by atoms with Gasteiger partial charge in [0.05, 0.1) is 7.11 Å². The van der Waals surface area contributed by atoms with E-state index >= 15 is 0 Å². The minimum atomic E-state index is -0.281. The predicted molar refractivity (Wildman–Crippen MR) is 72.4 cm³/mol. The number of esters is 1. The SMILES string of the molecule is C/C=C(/C)C(=O)OC/C=C/c1ccc(OC)cc1. The van der Waals surface area contributed by atoms with Gasteiger partial charge < -0.3 is 9.47 Å². The van der Waals surface area contributed by atoms with Gasteiger partial charge in [0.25, 0.3) is 0 Å². The summed E-state index contributed by atoms with van der Waals surface area (Å²) in [5.41, 5.74) is 1.66. The van der Waals surface area contributed by atoms with Gasteiger partial charge in [0.2, 0.25) is 0 Å². The van der Waals surface area contributed by atoms with Gasteiger partial charge in [-0.15, -0.1) is 0 Å². The van der Waals surface area contributed by atoms with Gasteiger partial charge >= 0.3 is 5.97 Å². The fraction of sp³-hybridized carbons (Fsp3) is 0.267. The Bertz CT molecular complexity index is 441. The highest BCUT2D eigenvalue weighted by atomic mass is 16.5. The van der Waals surface area contributed by atoms with Crippen LogP contribution in [0.3, 0.4) is 0 Å². The molecule has 3 heteroatoms. The van der Waals surface area contributed by atoms with E-state index in [2.05, 4.69) is 0 Å². The van der Waals surface area contributed by atoms with Crippen LogP contribution >= 0.6 is 0 Å². The van der Waals surface area contributed by atoms with Gasteiger partial charge in [0, 0.05) is 5.57 Å². The molecule has 0 atom stereocenters. The lowest BCUT2D eigenvalue weighted by molar-refractivity contribution is -0.137. The first-order valence-corrected chi connectivity index (χ1v) is 5.78. The molecule has 0 amide bonds. The summed E-state index contributed by atoms with van der Waals surface area (Å²) in [7, 11) is 1.63. The zero-order valence-corrected chi connectivity index (χ0v) is 11.0. The van der Waals surface area contributed by atoms with Gasteiger partial charge in [-0.1, -0.05) is 24.3 Å². The van der Waals surface area contributed by atoms with Crippen molar-refractivity contribution in [1.82, 2.24) is 0 Å². The Kier molecular flexibility index (Phi) is 5.71. The smallest absolute Gasteiger partial charge is 0.333 e. The van der Waals surface area contributed by atoms with E-state index in [1.807, 2.05) is 43.3 Å². The van der Waals surface area contributed by atoms with E-state index < -0.39 is 0 Å². The van der Waals surface area contributed by atoms with Crippen molar-refractivity contribution in [1.29, 1.82) is 0 Å². The van der Waals surface area contributed by atoms with Crippen LogP contribution in [0.15, 0.2) is 42.0 Å². The molecule has 1 aromatic rings. The highest BCUT2D eigenvalue weighted by molar-refractivity contribution is 5.87. The number of allylic oxidation sites excluding steroid dienone is 1. The number of carbonyl (C=O) groups is 1. The quantitative estimate of drug-likeness (QED) is 0.591. The lowest BCUT2D eigenvalue weighted by atomic mass is 10.2. The van der Waals surface area contributed by atoms with Crippen molar-refractivity contribution in [3.05, 3.63) is 47.6 Å². The lowest BCUT2D eigenvalue weighted by Gasteiger charge is -2.01. The van der Waals surface area contributed by atoms with Crippen molar-refractivity contribution in [3.63, 3.8) is 0 Å². The molecule has 0 N–H and O–H groups in total. The maximum Gasteiger partial charge on any atom is 0.333 e. The second-order valence-electron chi connectivity index (χ2n) is 3.75. The molecular weight excluding hydrogens is 228 g/mol. The molecule has 0 radical (unpaired) electrons. The highest BCUT2D eigenvalue weighted by Crippen LogP contribution is 2.12. The minimum absolute atomic E-state index is 0.274. The number of benzene rings is 1. The van der Waals surface area contributed by atoms with Crippen molar-refractivity contribution in [3.8, 4) is 5.75 Å². The summed E-state index contributed by atoms with van der Waals surface area (Å²) in [6.45, 7) is 3.81. The van der Waals surface area contributed by atoms with Crippen LogP contribution < -0.4 is 4.74 Å². The Morgan fingerprint density at radius 3 is 2.50 bits per heavy atom. The third-order valence-electron chi connectivity index (χ3n) is 2.49. The largest absolute Gasteiger partial charge is 0.497 e. The third kappa shape index (κ3) is 4.45. The second-order valence-corrected chi connectivity index (χ2v) is 3.75. The fourth-order valence-electron chi connectivity index (χ4n) is 1.25. The van der Waals surface area contributed by atoms with Crippen molar-refractivity contribution in [2.45, 2.75) is 13.8 Å². The van der Waals surface area contributed by atoms with Crippen LogP contribution in [-0.4, -0.2) is 19.7 Å². The van der Waals surface area contributed by atoms with E-state index in [0.717, 1.165) is 11.3 Å². The van der Waals surface area contributed by atoms with Gasteiger partial charge in [0.1, 0.15) is 12.4 Å². The molecule has 0 saturated carbocycles. The van der Waals surface area contributed by atoms with Crippen molar-refractivity contribution < 1.29 is 14.3 Å². The summed E-state index contributed by atoms with van der Waals surface area (Å²) in [4.78, 5) is 11.3. The number of hydrogen-bond donors (Lipinski definition) is 0. The maximum atomic E-state index is 11.3. The molecule has 1 aromatic carbocycles. The topological polar surface area (TPSA) is 35.5 Å². The van der Waals surface area contributed by atoms with Crippen LogP contribution in [0.2, 0.25) is 0 Å². The summed E-state index contributed by atoms with van der Waals surface area (Å²) >= 11 is 0. The number of methoxy groups -OCH3 is 1. The average Bonchev–Trinajstić information content (AvgIpc) is 2.43. The van der Waals surface area contributed by atoms with Gasteiger partial charge in [-0.05, 0) is 37.6 Å². The Balaban J connectivity index is 2.43. The van der Waals surface area contributed by atoms with Crippen LogP contribution in [0.4, 0.5) is 0 Å². The van der Waals surface area contributed by atoms with E-state index in [1.165, 1.54) is 0 Å². The minimum Gasteiger partial charge on any atom is -0.497 e. The van der Waals surface area contributed by atoms with Crippen molar-refractivity contribution in [2.75, 3.05) is 13.7 Å². The van der Waals surface area contributed by atoms with Gasteiger partial charge in [-0.3, -0.25) is 0 Å². The van der Waals surface area contributed by atoms with E-state index in [0.29, 0.717) is 5.57 Å². The number of carbonyl (C=O) groups excluding carboxylic acids is 1. The van der Waals surface area contributed by atoms with Crippen molar-refractivity contribution >= 4 is 12.0 Å². The number of hydrogen-bond acceptors (Lipinski definition) is 3. The molecule has 0 aliphatic carbocycles. The summed E-state index contributed by atoms with van der Waals surface area (Å²) in [6.07, 6.45) is 5.44. The van der Waals surface area contributed by atoms with E-state index in [4.69, 9.17) is 9.47 Å². The zero-order chi connectivity index (χ0) is 13.4. The van der Waals surface area contributed by atoms with Gasteiger partial charge in [-0.25, -0.2) is 4.79 Å². The van der Waals surface area contributed by atoms with Crippen LogP contribution in [0, 0.1) is 0 Å². The molecule has 0 unspecified atom stereocenters. The molecule has 0 aliphatic rings. The molecule has 0 aliphatic heterocycles. The Morgan fingerprint density at radius 2 is 1.94 bits per heavy atom. The third-order valence-corrected chi connectivity index (χ3v) is 2.49. The van der Waals surface area contributed by atoms with Crippen LogP contribution in [0.25, 0.3) is 6.08 Å². The molecule has 96 valence electrons. The lowest BCUT2D eigenvalue weighted by Crippen LogP contribution is -2.05. The van der Waals surface area contributed by atoms with Gasteiger partial charge in [0.15, 0.2) is 0 Å². The van der Waals surface area contributed by atoms with Crippen LogP contribution in [-0.2, 0) is 9.53 Å². The normalized spacial score (nSPS) is 11.6. The van der Waals surface area contributed by atoms with E-state index in [-0.39, 0.29) is 12.6 Å². The zero-order valence-electron chi connectivity index (χ0n) is 11.0. The van der Waals surface area contributed by atoms with Crippen LogP contribution in [0.1, 0.15) is 19.4 Å². The molecule has 0 heterocycles. The number of rotatable bonds is 5. The molecule has 1 rings (SSSR count). The molecule has 0 aromatic heterocycles. The molecule has 0 bridgehead atoms. The monoisotopic (exact) mass is 246 g/mol. The summed E-state index contributed by atoms with van der Waals surface area (Å²) in [6, 6.07) is 7.65. The molecular formula is C15H18O3. The first-order valence-electron chi connectivity index (χ1n) is 5.78. The molecule has 0 spiro atoms. The first-order chi connectivity index (χ1) is 8.67. The average molecular weight is 246 g/mol. The van der Waals surface area contributed by atoms with Crippen molar-refractivity contribution in [2.24, 2.45) is 0 Å². The highest BCUT2D eigenvalue weighted by Gasteiger charge is 2.01. The standard InChI is InChI=1S/C15H18O3/c1-4-12(2)15(16)18-11-5-6-13-7-9-14(17-3)10-8-13/h4-10H,11H2,1-3H3/b6-5+,12-4-. The fourth-order valence-corrected chi connectivity index (χ4v) is 1.25. The summed E-state index contributed by atoms with van der Waals surface area (Å²) in [5.74, 6) is 0.541. The molecule has 0 fully saturated rings. The van der Waals surface area contributed by atoms with E-state index in [1.54, 1.807) is 20.1 Å². The number of ether oxygens (including phenoxy) is 2. The van der Waals surface area contributed by atoms with Crippen LogP contribution in [0.5, 0.6) is 5.75 Å². The Morgan fingerprint density at radius 1 is 1.28 bits per heavy atom.